The number of hydrogen-bond donors (Lipinski definition) is 1. The zero-order chi connectivity index (χ0) is 26.6. The Kier molecular flexibility index (Phi) is 8.63. The van der Waals surface area contributed by atoms with Crippen molar-refractivity contribution in [2.24, 2.45) is 0 Å². The Bertz CT molecular complexity index is 1170. The molecule has 1 atom stereocenters. The van der Waals surface area contributed by atoms with Gasteiger partial charge in [-0.05, 0) is 82.7 Å². The van der Waals surface area contributed by atoms with Gasteiger partial charge in [-0.3, -0.25) is 9.59 Å². The number of nitrogens with zero attached hydrogens (tertiary/aromatic N) is 2. The average molecular weight is 497 g/mol. The third kappa shape index (κ3) is 5.33. The van der Waals surface area contributed by atoms with Crippen LogP contribution in [0.15, 0.2) is 35.9 Å². The van der Waals surface area contributed by atoms with Crippen molar-refractivity contribution in [2.45, 2.75) is 33.2 Å². The van der Waals surface area contributed by atoms with E-state index in [0.717, 1.165) is 17.7 Å². The summed E-state index contributed by atoms with van der Waals surface area (Å²) in [4.78, 5) is 30.2. The first kappa shape index (κ1) is 27.1. The Hall–Kier alpha value is -3.52. The number of Topliss-reactive ketones (excluding diaryl/α,β-unsaturated/α-hetero) is 1. The Morgan fingerprint density at radius 3 is 2.39 bits per heavy atom. The van der Waals surface area contributed by atoms with Crippen molar-refractivity contribution in [3.8, 4) is 17.2 Å². The van der Waals surface area contributed by atoms with Crippen LogP contribution in [0.3, 0.4) is 0 Å². The molecule has 0 aliphatic carbocycles. The third-order valence-corrected chi connectivity index (χ3v) is 6.23. The maximum Gasteiger partial charge on any atom is 0.295 e. The number of likely N-dealkylation sites (tertiary alicyclic amines) is 1. The van der Waals surface area contributed by atoms with Crippen molar-refractivity contribution in [1.82, 2.24) is 9.80 Å². The molecule has 1 aliphatic heterocycles. The van der Waals surface area contributed by atoms with E-state index in [2.05, 4.69) is 0 Å². The molecule has 1 aliphatic rings. The van der Waals surface area contributed by atoms with Gasteiger partial charge in [-0.25, -0.2) is 0 Å². The maximum atomic E-state index is 13.4. The molecule has 0 bridgehead atoms. The quantitative estimate of drug-likeness (QED) is 0.301. The Balaban J connectivity index is 2.23. The van der Waals surface area contributed by atoms with E-state index < -0.39 is 17.7 Å². The Morgan fingerprint density at radius 1 is 1.06 bits per heavy atom. The van der Waals surface area contributed by atoms with Gasteiger partial charge in [0.05, 0.1) is 38.0 Å². The van der Waals surface area contributed by atoms with E-state index in [-0.39, 0.29) is 11.3 Å². The summed E-state index contributed by atoms with van der Waals surface area (Å²) in [6.45, 7) is 7.21. The number of aliphatic hydroxyl groups excluding tert-OH is 1. The van der Waals surface area contributed by atoms with Gasteiger partial charge in [0, 0.05) is 6.54 Å². The summed E-state index contributed by atoms with van der Waals surface area (Å²) in [5.74, 6) is -0.126. The molecular weight excluding hydrogens is 460 g/mol. The predicted octanol–water partition coefficient (Wildman–Crippen LogP) is 4.09. The summed E-state index contributed by atoms with van der Waals surface area (Å²) in [7, 11) is 6.96. The Morgan fingerprint density at radius 2 is 1.78 bits per heavy atom. The van der Waals surface area contributed by atoms with Gasteiger partial charge >= 0.3 is 0 Å². The number of methoxy groups -OCH3 is 2. The zero-order valence-corrected chi connectivity index (χ0v) is 22.2. The zero-order valence-electron chi connectivity index (χ0n) is 22.2. The van der Waals surface area contributed by atoms with Crippen LogP contribution in [0.2, 0.25) is 0 Å². The summed E-state index contributed by atoms with van der Waals surface area (Å²) in [6, 6.07) is 8.22. The van der Waals surface area contributed by atoms with Crippen LogP contribution in [-0.4, -0.2) is 74.6 Å². The first-order valence-electron chi connectivity index (χ1n) is 12.0. The van der Waals surface area contributed by atoms with Crippen molar-refractivity contribution < 1.29 is 28.9 Å². The summed E-state index contributed by atoms with van der Waals surface area (Å²) in [6.07, 6.45) is 0.664. The number of carbonyl (C=O) groups excluding carboxylic acids is 2. The van der Waals surface area contributed by atoms with Crippen LogP contribution in [0, 0.1) is 13.8 Å². The summed E-state index contributed by atoms with van der Waals surface area (Å²) < 4.78 is 16.7. The molecule has 0 aromatic heterocycles. The van der Waals surface area contributed by atoms with Gasteiger partial charge in [-0.15, -0.1) is 0 Å². The van der Waals surface area contributed by atoms with Crippen LogP contribution in [0.25, 0.3) is 5.76 Å². The van der Waals surface area contributed by atoms with E-state index in [1.165, 1.54) is 19.1 Å². The predicted molar refractivity (Wildman–Crippen MR) is 139 cm³/mol. The molecule has 8 heteroatoms. The summed E-state index contributed by atoms with van der Waals surface area (Å²) >= 11 is 0. The van der Waals surface area contributed by atoms with Crippen LogP contribution >= 0.6 is 0 Å². The van der Waals surface area contributed by atoms with Gasteiger partial charge in [0.1, 0.15) is 11.5 Å². The second-order valence-electron chi connectivity index (χ2n) is 9.16. The third-order valence-electron chi connectivity index (χ3n) is 6.23. The first-order chi connectivity index (χ1) is 17.1. The highest BCUT2D eigenvalue weighted by molar-refractivity contribution is 6.46. The van der Waals surface area contributed by atoms with Gasteiger partial charge in [-0.2, -0.15) is 0 Å². The number of ether oxygens (including phenoxy) is 3. The molecule has 1 saturated heterocycles. The van der Waals surface area contributed by atoms with Crippen LogP contribution in [-0.2, 0) is 9.59 Å². The fourth-order valence-electron chi connectivity index (χ4n) is 4.69. The van der Waals surface area contributed by atoms with E-state index in [1.807, 2.05) is 45.8 Å². The largest absolute Gasteiger partial charge is 0.507 e. The van der Waals surface area contributed by atoms with E-state index >= 15 is 0 Å². The standard InChI is InChI=1S/C28H36N2O6/c1-8-36-21-11-10-19(16-22(21)34-6)24-23(26(32)28(33)30(24)13-9-12-29(4)5)25(31)20-15-17(2)14-18(3)27(20)35-7/h10-11,14-16,24,31H,8-9,12-13H2,1-7H3/b25-23+. The lowest BCUT2D eigenvalue weighted by Crippen LogP contribution is -2.32. The van der Waals surface area contributed by atoms with Crippen LogP contribution in [0.1, 0.15) is 41.6 Å². The molecular formula is C28H36N2O6. The molecule has 2 aromatic carbocycles. The van der Waals surface area contributed by atoms with Crippen molar-refractivity contribution in [3.05, 3.63) is 58.2 Å². The number of ketones is 1. The van der Waals surface area contributed by atoms with Crippen LogP contribution < -0.4 is 14.2 Å². The highest BCUT2D eigenvalue weighted by atomic mass is 16.5. The lowest BCUT2D eigenvalue weighted by atomic mass is 9.93. The topological polar surface area (TPSA) is 88.5 Å². The van der Waals surface area contributed by atoms with E-state index in [4.69, 9.17) is 14.2 Å². The van der Waals surface area contributed by atoms with Gasteiger partial charge in [-0.1, -0.05) is 12.1 Å². The van der Waals surface area contributed by atoms with Gasteiger partial charge in [0.25, 0.3) is 11.7 Å². The minimum absolute atomic E-state index is 0.0272. The lowest BCUT2D eigenvalue weighted by Gasteiger charge is -2.26. The minimum atomic E-state index is -0.790. The fourth-order valence-corrected chi connectivity index (χ4v) is 4.69. The maximum absolute atomic E-state index is 13.4. The van der Waals surface area contributed by atoms with E-state index in [9.17, 15) is 14.7 Å². The fraction of sp³-hybridized carbons (Fsp3) is 0.429. The molecule has 36 heavy (non-hydrogen) atoms. The molecule has 3 rings (SSSR count). The van der Waals surface area contributed by atoms with Gasteiger partial charge in [0.2, 0.25) is 0 Å². The molecule has 1 heterocycles. The first-order valence-corrected chi connectivity index (χ1v) is 12.0. The SMILES string of the molecule is CCOc1ccc(C2/C(=C(\O)c3cc(C)cc(C)c3OC)C(=O)C(=O)N2CCCN(C)C)cc1OC. The van der Waals surface area contributed by atoms with Crippen molar-refractivity contribution in [3.63, 3.8) is 0 Å². The minimum Gasteiger partial charge on any atom is -0.507 e. The van der Waals surface area contributed by atoms with Gasteiger partial charge in [0.15, 0.2) is 11.5 Å². The van der Waals surface area contributed by atoms with Crippen molar-refractivity contribution in [1.29, 1.82) is 0 Å². The normalized spacial score (nSPS) is 17.1. The summed E-state index contributed by atoms with van der Waals surface area (Å²) in [5.41, 5.74) is 2.76. The summed E-state index contributed by atoms with van der Waals surface area (Å²) in [5, 5.41) is 11.5. The van der Waals surface area contributed by atoms with Gasteiger partial charge < -0.3 is 29.1 Å². The molecule has 0 saturated carbocycles. The molecule has 1 amide bonds. The lowest BCUT2D eigenvalue weighted by molar-refractivity contribution is -0.139. The number of amides is 1. The van der Waals surface area contributed by atoms with Crippen molar-refractivity contribution in [2.75, 3.05) is 48.0 Å². The smallest absolute Gasteiger partial charge is 0.295 e. The van der Waals surface area contributed by atoms with E-state index in [0.29, 0.717) is 47.9 Å². The number of rotatable bonds is 10. The number of aryl methyl sites for hydroxylation is 2. The number of aliphatic hydroxyl groups is 1. The van der Waals surface area contributed by atoms with Crippen molar-refractivity contribution >= 4 is 17.4 Å². The second-order valence-corrected chi connectivity index (χ2v) is 9.16. The Labute approximate surface area is 213 Å². The second kappa shape index (κ2) is 11.5. The molecule has 1 N–H and O–H groups in total. The monoisotopic (exact) mass is 496 g/mol. The highest BCUT2D eigenvalue weighted by Gasteiger charge is 2.46. The average Bonchev–Trinajstić information content (AvgIpc) is 3.08. The number of hydrogen-bond acceptors (Lipinski definition) is 7. The molecule has 1 fully saturated rings. The molecule has 0 spiro atoms. The number of carbonyl (C=O) groups is 2. The van der Waals surface area contributed by atoms with E-state index in [1.54, 1.807) is 24.3 Å². The molecule has 1 unspecified atom stereocenters. The molecule has 194 valence electrons. The van der Waals surface area contributed by atoms with Crippen LogP contribution in [0.5, 0.6) is 17.2 Å². The molecule has 2 aromatic rings. The number of benzene rings is 2. The molecule has 0 radical (unpaired) electrons. The highest BCUT2D eigenvalue weighted by Crippen LogP contribution is 2.43. The molecule has 8 nitrogen and oxygen atoms in total. The van der Waals surface area contributed by atoms with Crippen LogP contribution in [0.4, 0.5) is 0 Å².